The Hall–Kier alpha value is -4.47. The van der Waals surface area contributed by atoms with Gasteiger partial charge in [0, 0.05) is 52.7 Å². The molecule has 1 saturated carbocycles. The molecule has 44 heavy (non-hydrogen) atoms. The van der Waals surface area contributed by atoms with Crippen molar-refractivity contribution in [2.45, 2.75) is 51.0 Å². The number of carboxylic acid groups (broad SMARTS) is 1. The smallest absolute Gasteiger partial charge is 0.338 e. The number of hydrogen-bond donors (Lipinski definition) is 1. The highest BCUT2D eigenvalue weighted by molar-refractivity contribution is 7.18. The van der Waals surface area contributed by atoms with Gasteiger partial charge in [-0.1, -0.05) is 11.6 Å². The zero-order valence-corrected chi connectivity index (χ0v) is 24.9. The third-order valence-corrected chi connectivity index (χ3v) is 9.16. The first-order valence-electron chi connectivity index (χ1n) is 13.8. The van der Waals surface area contributed by atoms with E-state index in [0.29, 0.717) is 43.6 Å². The van der Waals surface area contributed by atoms with Crippen molar-refractivity contribution in [3.63, 3.8) is 0 Å². The lowest BCUT2D eigenvalue weighted by Crippen LogP contribution is -2.28. The van der Waals surface area contributed by atoms with Crippen LogP contribution in [0.15, 0.2) is 46.8 Å². The van der Waals surface area contributed by atoms with Crippen molar-refractivity contribution in [3.8, 4) is 22.9 Å². The van der Waals surface area contributed by atoms with Gasteiger partial charge in [0.05, 0.1) is 39.0 Å². The highest BCUT2D eigenvalue weighted by Crippen LogP contribution is 2.42. The van der Waals surface area contributed by atoms with Crippen LogP contribution in [0.3, 0.4) is 0 Å². The topological polar surface area (TPSA) is 131 Å². The summed E-state index contributed by atoms with van der Waals surface area (Å²) in [6.45, 7) is 1.82. The molecule has 1 aliphatic carbocycles. The number of fused-ring (bicyclic) bond motifs is 2. The average Bonchev–Trinajstić information content (AvgIpc) is 3.44. The Bertz CT molecular complexity index is 2050. The first kappa shape index (κ1) is 29.6. The number of rotatable bonds is 7. The quantitative estimate of drug-likeness (QED) is 0.203. The van der Waals surface area contributed by atoms with Crippen molar-refractivity contribution >= 4 is 50.0 Å². The van der Waals surface area contributed by atoms with Gasteiger partial charge in [0.2, 0.25) is 5.92 Å². The molecule has 0 unspecified atom stereocenters. The summed E-state index contributed by atoms with van der Waals surface area (Å²) in [6.07, 6.45) is 2.75. The van der Waals surface area contributed by atoms with Crippen LogP contribution < -0.4 is 10.3 Å². The van der Waals surface area contributed by atoms with Gasteiger partial charge in [-0.2, -0.15) is 5.26 Å². The number of hydrogen-bond acceptors (Lipinski definition) is 8. The third-order valence-electron chi connectivity index (χ3n) is 7.92. The minimum Gasteiger partial charge on any atom is -0.491 e. The standard InChI is InChI=1S/C31H24ClF2N5O4S/c1-16-38-27-24(18(13-35)14-37-25(27)17-4-7-31(33,34)8-5-17)29(40)39(16)10-11-43-23-3-2-19(32)12-21(23)20-6-9-36-26-22(30(41)42)15-44-28(20)26/h2-3,6,9,12,14-15,17H,4-5,7-8,10-11H2,1H3,(H,41,42). The number of aryl methyl sites for hydroxylation is 1. The fraction of sp³-hybridized carbons (Fsp3) is 0.290. The lowest BCUT2D eigenvalue weighted by atomic mass is 9.83. The zero-order valence-electron chi connectivity index (χ0n) is 23.3. The zero-order chi connectivity index (χ0) is 31.2. The number of aromatic nitrogens is 4. The number of halogens is 3. The molecular formula is C31H24ClF2N5O4S. The van der Waals surface area contributed by atoms with Crippen LogP contribution in [0, 0.1) is 18.3 Å². The molecule has 13 heteroatoms. The summed E-state index contributed by atoms with van der Waals surface area (Å²) in [7, 11) is 0. The van der Waals surface area contributed by atoms with Gasteiger partial charge in [-0.15, -0.1) is 11.3 Å². The summed E-state index contributed by atoms with van der Waals surface area (Å²) in [4.78, 5) is 38.7. The van der Waals surface area contributed by atoms with E-state index in [2.05, 4.69) is 15.0 Å². The van der Waals surface area contributed by atoms with E-state index in [9.17, 15) is 28.7 Å². The van der Waals surface area contributed by atoms with Gasteiger partial charge >= 0.3 is 5.97 Å². The predicted molar refractivity (Wildman–Crippen MR) is 162 cm³/mol. The Morgan fingerprint density at radius 1 is 1.23 bits per heavy atom. The molecule has 1 aromatic carbocycles. The Labute approximate surface area is 258 Å². The maximum absolute atomic E-state index is 13.8. The summed E-state index contributed by atoms with van der Waals surface area (Å²) in [5.74, 6) is -3.24. The second-order valence-corrected chi connectivity index (χ2v) is 11.9. The lowest BCUT2D eigenvalue weighted by molar-refractivity contribution is -0.0384. The lowest BCUT2D eigenvalue weighted by Gasteiger charge is -2.28. The van der Waals surface area contributed by atoms with Crippen LogP contribution in [0.2, 0.25) is 5.02 Å². The van der Waals surface area contributed by atoms with Crippen molar-refractivity contribution in [2.24, 2.45) is 0 Å². The number of alkyl halides is 2. The molecule has 0 radical (unpaired) electrons. The van der Waals surface area contributed by atoms with Gasteiger partial charge in [0.25, 0.3) is 5.56 Å². The van der Waals surface area contributed by atoms with E-state index in [-0.39, 0.29) is 66.8 Å². The number of thiophene rings is 1. The van der Waals surface area contributed by atoms with E-state index in [0.717, 1.165) is 0 Å². The van der Waals surface area contributed by atoms with Crippen molar-refractivity contribution < 1.29 is 23.4 Å². The molecule has 1 N–H and O–H groups in total. The SMILES string of the molecule is Cc1nc2c(C3CCC(F)(F)CC3)ncc(C#N)c2c(=O)n1CCOc1ccc(Cl)cc1-c1ccnc2c(C(=O)O)csc12. The molecule has 0 aliphatic heterocycles. The van der Waals surface area contributed by atoms with Crippen LogP contribution in [0.25, 0.3) is 32.2 Å². The van der Waals surface area contributed by atoms with Crippen LogP contribution in [-0.4, -0.2) is 43.1 Å². The molecule has 0 atom stereocenters. The highest BCUT2D eigenvalue weighted by atomic mass is 35.5. The van der Waals surface area contributed by atoms with Gasteiger partial charge < -0.3 is 9.84 Å². The molecule has 224 valence electrons. The number of nitriles is 1. The number of benzene rings is 1. The van der Waals surface area contributed by atoms with E-state index in [1.165, 1.54) is 33.7 Å². The minimum atomic E-state index is -2.71. The molecule has 0 bridgehead atoms. The number of aromatic carboxylic acids is 1. The van der Waals surface area contributed by atoms with Crippen molar-refractivity contribution in [3.05, 3.63) is 80.1 Å². The maximum atomic E-state index is 13.8. The second-order valence-electron chi connectivity index (χ2n) is 10.6. The van der Waals surface area contributed by atoms with Gasteiger partial charge in [-0.3, -0.25) is 19.3 Å². The van der Waals surface area contributed by atoms with E-state index in [1.54, 1.807) is 31.2 Å². The number of carboxylic acids is 1. The molecule has 1 aliphatic rings. The largest absolute Gasteiger partial charge is 0.491 e. The molecule has 5 aromatic rings. The van der Waals surface area contributed by atoms with Gasteiger partial charge in [0.15, 0.2) is 0 Å². The Balaban J connectivity index is 1.32. The molecule has 4 aromatic heterocycles. The van der Waals surface area contributed by atoms with Crippen LogP contribution in [-0.2, 0) is 6.54 Å². The highest BCUT2D eigenvalue weighted by Gasteiger charge is 2.37. The average molecular weight is 636 g/mol. The Morgan fingerprint density at radius 3 is 2.73 bits per heavy atom. The molecule has 0 amide bonds. The van der Waals surface area contributed by atoms with E-state index in [1.807, 2.05) is 6.07 Å². The molecule has 9 nitrogen and oxygen atoms in total. The maximum Gasteiger partial charge on any atom is 0.338 e. The number of carbonyl (C=O) groups is 1. The van der Waals surface area contributed by atoms with E-state index in [4.69, 9.17) is 16.3 Å². The second kappa shape index (κ2) is 11.6. The summed E-state index contributed by atoms with van der Waals surface area (Å²) in [6, 6.07) is 8.86. The number of ether oxygens (including phenoxy) is 1. The van der Waals surface area contributed by atoms with Crippen LogP contribution in [0.4, 0.5) is 8.78 Å². The summed E-state index contributed by atoms with van der Waals surface area (Å²) < 4.78 is 35.9. The Kier molecular flexibility index (Phi) is 7.77. The molecule has 0 spiro atoms. The monoisotopic (exact) mass is 635 g/mol. The third kappa shape index (κ3) is 5.37. The van der Waals surface area contributed by atoms with Crippen LogP contribution in [0.1, 0.15) is 59.0 Å². The molecule has 6 rings (SSSR count). The summed E-state index contributed by atoms with van der Waals surface area (Å²) in [5, 5.41) is 21.4. The molecule has 1 fully saturated rings. The van der Waals surface area contributed by atoms with Crippen LogP contribution >= 0.6 is 22.9 Å². The van der Waals surface area contributed by atoms with Gasteiger partial charge in [0.1, 0.15) is 29.8 Å². The van der Waals surface area contributed by atoms with Crippen LogP contribution in [0.5, 0.6) is 5.75 Å². The van der Waals surface area contributed by atoms with Crippen molar-refractivity contribution in [1.29, 1.82) is 5.26 Å². The fourth-order valence-corrected chi connectivity index (χ4v) is 6.89. The first-order chi connectivity index (χ1) is 21.1. The fourth-order valence-electron chi connectivity index (χ4n) is 5.69. The first-order valence-corrected chi connectivity index (χ1v) is 15.0. The normalized spacial score (nSPS) is 15.0. The molecule has 0 saturated heterocycles. The molecular weight excluding hydrogens is 612 g/mol. The number of pyridine rings is 2. The predicted octanol–water partition coefficient (Wildman–Crippen LogP) is 6.97. The molecule has 4 heterocycles. The van der Waals surface area contributed by atoms with E-state index < -0.39 is 17.5 Å². The van der Waals surface area contributed by atoms with Gasteiger partial charge in [-0.25, -0.2) is 18.6 Å². The number of nitrogens with zero attached hydrogens (tertiary/aromatic N) is 5. The van der Waals surface area contributed by atoms with Crippen molar-refractivity contribution in [2.75, 3.05) is 6.61 Å². The van der Waals surface area contributed by atoms with Gasteiger partial charge in [-0.05, 0) is 44.0 Å². The minimum absolute atomic E-state index is 0.0547. The van der Waals surface area contributed by atoms with E-state index >= 15 is 0 Å². The van der Waals surface area contributed by atoms with Crippen molar-refractivity contribution in [1.82, 2.24) is 19.5 Å². The summed E-state index contributed by atoms with van der Waals surface area (Å²) in [5.41, 5.74) is 2.16. The Morgan fingerprint density at radius 2 is 2.00 bits per heavy atom. The summed E-state index contributed by atoms with van der Waals surface area (Å²) >= 11 is 7.58.